The fourth-order valence-corrected chi connectivity index (χ4v) is 1.45. The van der Waals surface area contributed by atoms with Gasteiger partial charge in [0.1, 0.15) is 0 Å². The normalized spacial score (nSPS) is 21.7. The van der Waals surface area contributed by atoms with Gasteiger partial charge in [-0.15, -0.1) is 0 Å². The first-order valence-electron chi connectivity index (χ1n) is 6.16. The highest BCUT2D eigenvalue weighted by atomic mass is 16.5. The van der Waals surface area contributed by atoms with E-state index in [1.807, 2.05) is 20.8 Å². The number of ether oxygens (including phenoxy) is 2. The van der Waals surface area contributed by atoms with Gasteiger partial charge in [0, 0.05) is 25.6 Å². The van der Waals surface area contributed by atoms with Crippen LogP contribution in [-0.2, 0) is 9.47 Å². The summed E-state index contributed by atoms with van der Waals surface area (Å²) < 4.78 is 10.5. The molecule has 0 unspecified atom stereocenters. The van der Waals surface area contributed by atoms with Gasteiger partial charge in [-0.05, 0) is 5.41 Å². The molecule has 0 bridgehead atoms. The summed E-state index contributed by atoms with van der Waals surface area (Å²) in [5.74, 6) is 0.319. The summed E-state index contributed by atoms with van der Waals surface area (Å²) in [6.45, 7) is 10.3. The molecule has 1 fully saturated rings. The highest BCUT2D eigenvalue weighted by Crippen LogP contribution is 2.12. The van der Waals surface area contributed by atoms with Crippen LogP contribution in [0.15, 0.2) is 0 Å². The monoisotopic (exact) mass is 244 g/mol. The van der Waals surface area contributed by atoms with Gasteiger partial charge in [0.25, 0.3) is 0 Å². The minimum absolute atomic E-state index is 0.00429. The topological polar surface area (TPSA) is 59.6 Å². The van der Waals surface area contributed by atoms with Crippen LogP contribution in [0.3, 0.4) is 0 Å². The standard InChI is InChI=1S/C12H24N2O3/c1-12(2,3)9-17-11(15)14-7-10-6-13-4-5-16-8-10/h10,13H,4-9H2,1-3H3,(H,14,15)/t10-/m0/s1. The first kappa shape index (κ1) is 14.3. The molecule has 5 heteroatoms. The van der Waals surface area contributed by atoms with Gasteiger partial charge < -0.3 is 20.1 Å². The molecule has 1 heterocycles. The zero-order valence-electron chi connectivity index (χ0n) is 11.0. The lowest BCUT2D eigenvalue weighted by Gasteiger charge is -2.19. The first-order chi connectivity index (χ1) is 7.97. The van der Waals surface area contributed by atoms with E-state index < -0.39 is 0 Å². The highest BCUT2D eigenvalue weighted by molar-refractivity contribution is 5.67. The van der Waals surface area contributed by atoms with Crippen molar-refractivity contribution in [2.45, 2.75) is 20.8 Å². The van der Waals surface area contributed by atoms with Crippen LogP contribution in [0.25, 0.3) is 0 Å². The summed E-state index contributed by atoms with van der Waals surface area (Å²) in [4.78, 5) is 11.4. The van der Waals surface area contributed by atoms with Crippen molar-refractivity contribution in [2.75, 3.05) is 39.5 Å². The lowest BCUT2D eigenvalue weighted by molar-refractivity contribution is 0.0990. The third-order valence-corrected chi connectivity index (χ3v) is 2.38. The predicted octanol–water partition coefficient (Wildman–Crippen LogP) is 0.995. The largest absolute Gasteiger partial charge is 0.449 e. The number of hydrogen-bond donors (Lipinski definition) is 2. The molecule has 1 atom stereocenters. The number of nitrogens with one attached hydrogen (secondary N) is 2. The number of rotatable bonds is 3. The molecule has 0 aromatic rings. The fraction of sp³-hybridized carbons (Fsp3) is 0.917. The number of carbonyl (C=O) groups is 1. The smallest absolute Gasteiger partial charge is 0.407 e. The van der Waals surface area contributed by atoms with Crippen molar-refractivity contribution in [3.63, 3.8) is 0 Å². The second-order valence-electron chi connectivity index (χ2n) is 5.66. The zero-order chi connectivity index (χ0) is 12.7. The van der Waals surface area contributed by atoms with Crippen LogP contribution in [0.1, 0.15) is 20.8 Å². The molecule has 1 rings (SSSR count). The van der Waals surface area contributed by atoms with Gasteiger partial charge in [0.05, 0.1) is 19.8 Å². The molecule has 2 N–H and O–H groups in total. The summed E-state index contributed by atoms with van der Waals surface area (Å²) in [7, 11) is 0. The summed E-state index contributed by atoms with van der Waals surface area (Å²) in [5, 5.41) is 6.03. The Morgan fingerprint density at radius 1 is 1.53 bits per heavy atom. The average Bonchev–Trinajstić information content (AvgIpc) is 2.51. The van der Waals surface area contributed by atoms with Crippen LogP contribution in [0, 0.1) is 11.3 Å². The van der Waals surface area contributed by atoms with Crippen molar-refractivity contribution in [2.24, 2.45) is 11.3 Å². The molecule has 0 saturated carbocycles. The van der Waals surface area contributed by atoms with Crippen molar-refractivity contribution >= 4 is 6.09 Å². The number of alkyl carbamates (subject to hydrolysis) is 1. The Morgan fingerprint density at radius 2 is 2.29 bits per heavy atom. The van der Waals surface area contributed by atoms with Crippen LogP contribution in [0.2, 0.25) is 0 Å². The summed E-state index contributed by atoms with van der Waals surface area (Å²) in [5.41, 5.74) is 0.00429. The molecule has 1 aliphatic rings. The second-order valence-corrected chi connectivity index (χ2v) is 5.66. The van der Waals surface area contributed by atoms with Gasteiger partial charge in [-0.1, -0.05) is 20.8 Å². The molecule has 1 amide bonds. The van der Waals surface area contributed by atoms with E-state index in [0.717, 1.165) is 19.7 Å². The first-order valence-corrected chi connectivity index (χ1v) is 6.16. The lowest BCUT2D eigenvalue weighted by Crippen LogP contribution is -2.36. The van der Waals surface area contributed by atoms with Crippen molar-refractivity contribution in [1.82, 2.24) is 10.6 Å². The third kappa shape index (κ3) is 7.18. The summed E-state index contributed by atoms with van der Waals surface area (Å²) in [6.07, 6.45) is -0.343. The van der Waals surface area contributed by atoms with Crippen molar-refractivity contribution in [1.29, 1.82) is 0 Å². The minimum atomic E-state index is -0.343. The van der Waals surface area contributed by atoms with E-state index in [4.69, 9.17) is 9.47 Å². The molecule has 5 nitrogen and oxygen atoms in total. The molecule has 0 radical (unpaired) electrons. The highest BCUT2D eigenvalue weighted by Gasteiger charge is 2.16. The number of carbonyl (C=O) groups excluding carboxylic acids is 1. The zero-order valence-corrected chi connectivity index (χ0v) is 11.0. The Hall–Kier alpha value is -0.810. The average molecular weight is 244 g/mol. The molecule has 0 aromatic carbocycles. The molecule has 17 heavy (non-hydrogen) atoms. The Kier molecular flexibility index (Phi) is 5.71. The van der Waals surface area contributed by atoms with E-state index in [-0.39, 0.29) is 11.5 Å². The van der Waals surface area contributed by atoms with E-state index in [1.165, 1.54) is 0 Å². The SMILES string of the molecule is CC(C)(C)COC(=O)NC[C@@H]1CNCCOC1. The van der Waals surface area contributed by atoms with Crippen LogP contribution in [0.4, 0.5) is 4.79 Å². The van der Waals surface area contributed by atoms with Gasteiger partial charge in [0.2, 0.25) is 0 Å². The Morgan fingerprint density at radius 3 is 3.00 bits per heavy atom. The van der Waals surface area contributed by atoms with Gasteiger partial charge in [-0.25, -0.2) is 4.79 Å². The summed E-state index contributed by atoms with van der Waals surface area (Å²) >= 11 is 0. The molecule has 0 spiro atoms. The summed E-state index contributed by atoms with van der Waals surface area (Å²) in [6, 6.07) is 0. The molecule has 1 aliphatic heterocycles. The van der Waals surface area contributed by atoms with E-state index in [0.29, 0.717) is 25.7 Å². The fourth-order valence-electron chi connectivity index (χ4n) is 1.45. The predicted molar refractivity (Wildman–Crippen MR) is 66.0 cm³/mol. The molecular formula is C12H24N2O3. The molecular weight excluding hydrogens is 220 g/mol. The third-order valence-electron chi connectivity index (χ3n) is 2.38. The molecule has 1 saturated heterocycles. The molecule has 0 aliphatic carbocycles. The molecule has 100 valence electrons. The Labute approximate surface area is 103 Å². The second kappa shape index (κ2) is 6.81. The van der Waals surface area contributed by atoms with Crippen LogP contribution in [-0.4, -0.2) is 45.5 Å². The van der Waals surface area contributed by atoms with Crippen LogP contribution in [0.5, 0.6) is 0 Å². The Bertz CT molecular complexity index is 230. The van der Waals surface area contributed by atoms with Gasteiger partial charge in [0.15, 0.2) is 0 Å². The number of amides is 1. The molecule has 0 aromatic heterocycles. The maximum atomic E-state index is 11.4. The maximum absolute atomic E-state index is 11.4. The van der Waals surface area contributed by atoms with Crippen molar-refractivity contribution in [3.05, 3.63) is 0 Å². The maximum Gasteiger partial charge on any atom is 0.407 e. The van der Waals surface area contributed by atoms with Gasteiger partial charge in [-0.3, -0.25) is 0 Å². The van der Waals surface area contributed by atoms with E-state index >= 15 is 0 Å². The Balaban J connectivity index is 2.14. The van der Waals surface area contributed by atoms with E-state index in [9.17, 15) is 4.79 Å². The quantitative estimate of drug-likeness (QED) is 0.777. The minimum Gasteiger partial charge on any atom is -0.449 e. The number of hydrogen-bond acceptors (Lipinski definition) is 4. The van der Waals surface area contributed by atoms with Crippen molar-refractivity contribution < 1.29 is 14.3 Å². The van der Waals surface area contributed by atoms with Crippen molar-refractivity contribution in [3.8, 4) is 0 Å². The van der Waals surface area contributed by atoms with E-state index in [1.54, 1.807) is 0 Å². The van der Waals surface area contributed by atoms with Gasteiger partial charge in [-0.2, -0.15) is 0 Å². The van der Waals surface area contributed by atoms with Gasteiger partial charge >= 0.3 is 6.09 Å². The van der Waals surface area contributed by atoms with E-state index in [2.05, 4.69) is 10.6 Å². The van der Waals surface area contributed by atoms with Crippen LogP contribution < -0.4 is 10.6 Å². The lowest BCUT2D eigenvalue weighted by atomic mass is 9.99. The van der Waals surface area contributed by atoms with Crippen LogP contribution >= 0.6 is 0 Å².